The van der Waals surface area contributed by atoms with Crippen molar-refractivity contribution in [1.29, 1.82) is 0 Å². The molecule has 194 valence electrons. The van der Waals surface area contributed by atoms with Crippen LogP contribution in [0.5, 0.6) is 11.5 Å². The Kier molecular flexibility index (Phi) is 7.18. The predicted octanol–water partition coefficient (Wildman–Crippen LogP) is 6.58. The van der Waals surface area contributed by atoms with Crippen LogP contribution in [-0.4, -0.2) is 24.1 Å². The van der Waals surface area contributed by atoms with Crippen LogP contribution in [0.15, 0.2) is 40.9 Å². The number of rotatable bonds is 7. The Hall–Kier alpha value is -2.89. The fraction of sp³-hybridized carbons (Fsp3) is 0.567. The molecule has 0 N–H and O–H groups in total. The van der Waals surface area contributed by atoms with Gasteiger partial charge in [0.2, 0.25) is 0 Å². The maximum atomic E-state index is 13.5. The predicted molar refractivity (Wildman–Crippen MR) is 137 cm³/mol. The van der Waals surface area contributed by atoms with E-state index < -0.39 is 5.92 Å². The van der Waals surface area contributed by atoms with Crippen LogP contribution in [0, 0.1) is 10.8 Å². The van der Waals surface area contributed by atoms with Gasteiger partial charge in [-0.2, -0.15) is 0 Å². The molecule has 1 aromatic carbocycles. The standard InChI is InChI=1S/C30H38O6/c1-7-9-10-25(33)36-21-12-11-18(13-22(21)34-8-2)26-27-19(31)14-29(3,4)16-23(27)35-24-17-30(5,6)15-20(32)28(24)26/h11-13,26H,7-10,14-17H2,1-6H3. The van der Waals surface area contributed by atoms with E-state index in [1.807, 2.05) is 26.0 Å². The molecule has 0 fully saturated rings. The van der Waals surface area contributed by atoms with E-state index >= 15 is 0 Å². The zero-order valence-electron chi connectivity index (χ0n) is 22.4. The van der Waals surface area contributed by atoms with Crippen molar-refractivity contribution >= 4 is 17.5 Å². The first kappa shape index (κ1) is 26.2. The number of ether oxygens (including phenoxy) is 3. The van der Waals surface area contributed by atoms with E-state index in [2.05, 4.69) is 27.7 Å². The highest BCUT2D eigenvalue weighted by atomic mass is 16.6. The normalized spacial score (nSPS) is 21.1. The lowest BCUT2D eigenvalue weighted by atomic mass is 9.65. The molecule has 6 nitrogen and oxygen atoms in total. The lowest BCUT2D eigenvalue weighted by Gasteiger charge is -2.42. The van der Waals surface area contributed by atoms with Gasteiger partial charge >= 0.3 is 5.97 Å². The molecule has 6 heteroatoms. The van der Waals surface area contributed by atoms with Crippen molar-refractivity contribution in [3.05, 3.63) is 46.4 Å². The summed E-state index contributed by atoms with van der Waals surface area (Å²) in [4.78, 5) is 39.3. The molecule has 1 heterocycles. The van der Waals surface area contributed by atoms with Crippen molar-refractivity contribution < 1.29 is 28.6 Å². The fourth-order valence-corrected chi connectivity index (χ4v) is 5.56. The monoisotopic (exact) mass is 494 g/mol. The number of benzene rings is 1. The Morgan fingerprint density at radius 3 is 2.03 bits per heavy atom. The molecule has 0 radical (unpaired) electrons. The Balaban J connectivity index is 1.81. The average molecular weight is 495 g/mol. The lowest BCUT2D eigenvalue weighted by Crippen LogP contribution is -2.37. The van der Waals surface area contributed by atoms with Crippen LogP contribution in [0.3, 0.4) is 0 Å². The molecule has 0 atom stereocenters. The molecule has 0 saturated carbocycles. The molecule has 1 aliphatic heterocycles. The highest BCUT2D eigenvalue weighted by Crippen LogP contribution is 2.53. The second-order valence-electron chi connectivity index (χ2n) is 11.8. The minimum atomic E-state index is -0.514. The van der Waals surface area contributed by atoms with Gasteiger partial charge in [-0.25, -0.2) is 0 Å². The smallest absolute Gasteiger partial charge is 0.311 e. The maximum Gasteiger partial charge on any atom is 0.311 e. The number of carbonyl (C=O) groups excluding carboxylic acids is 3. The second-order valence-corrected chi connectivity index (χ2v) is 11.8. The number of ketones is 2. The van der Waals surface area contributed by atoms with Crippen molar-refractivity contribution in [2.75, 3.05) is 6.61 Å². The van der Waals surface area contributed by atoms with Crippen molar-refractivity contribution in [1.82, 2.24) is 0 Å². The van der Waals surface area contributed by atoms with Crippen LogP contribution in [0.25, 0.3) is 0 Å². The number of allylic oxidation sites excluding steroid dienone is 4. The van der Waals surface area contributed by atoms with E-state index in [1.165, 1.54) is 0 Å². The van der Waals surface area contributed by atoms with Gasteiger partial charge in [-0.05, 0) is 41.9 Å². The Labute approximate surface area is 214 Å². The first-order valence-electron chi connectivity index (χ1n) is 13.1. The minimum Gasteiger partial charge on any atom is -0.490 e. The Bertz CT molecular complexity index is 1100. The molecule has 4 rings (SSSR count). The fourth-order valence-electron chi connectivity index (χ4n) is 5.56. The van der Waals surface area contributed by atoms with Crippen LogP contribution in [0.4, 0.5) is 0 Å². The number of carbonyl (C=O) groups is 3. The maximum absolute atomic E-state index is 13.5. The third-order valence-electron chi connectivity index (χ3n) is 7.14. The van der Waals surface area contributed by atoms with Gasteiger partial charge in [0, 0.05) is 49.2 Å². The summed E-state index contributed by atoms with van der Waals surface area (Å²) in [5.74, 6) is 1.36. The highest BCUT2D eigenvalue weighted by Gasteiger charge is 2.48. The summed E-state index contributed by atoms with van der Waals surface area (Å²) in [7, 11) is 0. The van der Waals surface area contributed by atoms with Crippen molar-refractivity contribution in [3.8, 4) is 11.5 Å². The summed E-state index contributed by atoms with van der Waals surface area (Å²) in [6, 6.07) is 5.38. The molecule has 1 aromatic rings. The van der Waals surface area contributed by atoms with Gasteiger partial charge in [-0.3, -0.25) is 14.4 Å². The van der Waals surface area contributed by atoms with E-state index in [0.717, 1.165) is 18.4 Å². The molecule has 0 aromatic heterocycles. The molecule has 2 aliphatic carbocycles. The molecular weight excluding hydrogens is 456 g/mol. The zero-order valence-corrected chi connectivity index (χ0v) is 22.4. The summed E-state index contributed by atoms with van der Waals surface area (Å²) in [5, 5.41) is 0. The van der Waals surface area contributed by atoms with Gasteiger partial charge in [0.25, 0.3) is 0 Å². The third-order valence-corrected chi connectivity index (χ3v) is 7.14. The van der Waals surface area contributed by atoms with E-state index in [-0.39, 0.29) is 28.4 Å². The molecule has 0 saturated heterocycles. The van der Waals surface area contributed by atoms with Gasteiger partial charge in [0.05, 0.1) is 6.61 Å². The SMILES string of the molecule is CCCCC(=O)Oc1ccc(C2C3=C(CC(C)(C)CC3=O)OC3=C2C(=O)CC(C)(C)C3)cc1OCC. The minimum absolute atomic E-state index is 0.0171. The molecular formula is C30H38O6. The van der Waals surface area contributed by atoms with E-state index in [9.17, 15) is 14.4 Å². The lowest BCUT2D eigenvalue weighted by molar-refractivity contribution is -0.134. The summed E-state index contributed by atoms with van der Waals surface area (Å²) in [6.45, 7) is 12.6. The van der Waals surface area contributed by atoms with Crippen LogP contribution in [0.1, 0.15) is 98.0 Å². The van der Waals surface area contributed by atoms with Crippen molar-refractivity contribution in [2.24, 2.45) is 10.8 Å². The number of hydrogen-bond donors (Lipinski definition) is 0. The molecule has 3 aliphatic rings. The van der Waals surface area contributed by atoms with Gasteiger partial charge in [-0.1, -0.05) is 47.1 Å². The molecule has 0 spiro atoms. The zero-order chi connectivity index (χ0) is 26.3. The number of esters is 1. The molecule has 0 amide bonds. The first-order valence-corrected chi connectivity index (χ1v) is 13.1. The summed E-state index contributed by atoms with van der Waals surface area (Å²) >= 11 is 0. The first-order chi connectivity index (χ1) is 16.9. The topological polar surface area (TPSA) is 78.9 Å². The summed E-state index contributed by atoms with van der Waals surface area (Å²) in [5.41, 5.74) is 1.52. The van der Waals surface area contributed by atoms with Gasteiger partial charge < -0.3 is 14.2 Å². The summed E-state index contributed by atoms with van der Waals surface area (Å²) < 4.78 is 17.8. The second kappa shape index (κ2) is 9.87. The molecule has 0 bridgehead atoms. The largest absolute Gasteiger partial charge is 0.490 e. The quantitative estimate of drug-likeness (QED) is 0.315. The van der Waals surface area contributed by atoms with Crippen LogP contribution in [-0.2, 0) is 19.1 Å². The third kappa shape index (κ3) is 5.28. The Morgan fingerprint density at radius 1 is 0.917 bits per heavy atom. The van der Waals surface area contributed by atoms with Crippen LogP contribution < -0.4 is 9.47 Å². The molecule has 0 unspecified atom stereocenters. The van der Waals surface area contributed by atoms with E-state index in [0.29, 0.717) is 72.9 Å². The van der Waals surface area contributed by atoms with Crippen LogP contribution in [0.2, 0.25) is 0 Å². The van der Waals surface area contributed by atoms with Gasteiger partial charge in [0.15, 0.2) is 23.1 Å². The van der Waals surface area contributed by atoms with Crippen molar-refractivity contribution in [3.63, 3.8) is 0 Å². The average Bonchev–Trinajstić information content (AvgIpc) is 2.76. The van der Waals surface area contributed by atoms with Gasteiger partial charge in [-0.15, -0.1) is 0 Å². The van der Waals surface area contributed by atoms with E-state index in [1.54, 1.807) is 6.07 Å². The summed E-state index contributed by atoms with van der Waals surface area (Å²) in [6.07, 6.45) is 4.08. The van der Waals surface area contributed by atoms with Gasteiger partial charge in [0.1, 0.15) is 11.5 Å². The van der Waals surface area contributed by atoms with Crippen LogP contribution >= 0.6 is 0 Å². The van der Waals surface area contributed by atoms with Crippen molar-refractivity contribution in [2.45, 2.75) is 92.4 Å². The van der Waals surface area contributed by atoms with E-state index in [4.69, 9.17) is 14.2 Å². The number of Topliss-reactive ketones (excluding diaryl/α,β-unsaturated/α-hetero) is 2. The number of unbranched alkanes of at least 4 members (excludes halogenated alkanes) is 1. The molecule has 36 heavy (non-hydrogen) atoms. The Morgan fingerprint density at radius 2 is 1.50 bits per heavy atom. The number of hydrogen-bond acceptors (Lipinski definition) is 6. The highest BCUT2D eigenvalue weighted by molar-refractivity contribution is 6.06.